The molecule has 1 aromatic carbocycles. The van der Waals surface area contributed by atoms with Crippen molar-refractivity contribution in [3.63, 3.8) is 0 Å². The van der Waals surface area contributed by atoms with Crippen LogP contribution in [0.2, 0.25) is 0 Å². The summed E-state index contributed by atoms with van der Waals surface area (Å²) in [6, 6.07) is 12.6. The highest BCUT2D eigenvalue weighted by atomic mass is 32.2. The summed E-state index contributed by atoms with van der Waals surface area (Å²) in [5.74, 6) is 0.156. The summed E-state index contributed by atoms with van der Waals surface area (Å²) in [6.07, 6.45) is 1.83. The Morgan fingerprint density at radius 2 is 1.97 bits per heavy atom. The van der Waals surface area contributed by atoms with Crippen LogP contribution in [0.3, 0.4) is 0 Å². The van der Waals surface area contributed by atoms with Gasteiger partial charge in [0.2, 0.25) is 5.91 Å². The molecule has 2 aliphatic rings. The number of fused-ring (bicyclic) bond motifs is 1. The lowest BCUT2D eigenvalue weighted by molar-refractivity contribution is -0.139. The second kappa shape index (κ2) is 10.6. The van der Waals surface area contributed by atoms with Crippen LogP contribution in [-0.2, 0) is 20.9 Å². The lowest BCUT2D eigenvalue weighted by Crippen LogP contribution is -2.38. The SMILES string of the molecule is CCOC(=O)C1=C(C)N=C2SC=C(CC(=O)NCc3ccccn3)N2[C@H]1c1ccc(OC)cc1. The summed E-state index contributed by atoms with van der Waals surface area (Å²) in [4.78, 5) is 36.6. The van der Waals surface area contributed by atoms with Crippen LogP contribution in [-0.4, -0.2) is 40.6 Å². The van der Waals surface area contributed by atoms with Crippen LogP contribution in [0.4, 0.5) is 0 Å². The molecule has 0 spiro atoms. The fourth-order valence-corrected chi connectivity index (χ4v) is 4.82. The van der Waals surface area contributed by atoms with Crippen molar-refractivity contribution in [1.29, 1.82) is 0 Å². The van der Waals surface area contributed by atoms with Crippen LogP contribution in [0.25, 0.3) is 0 Å². The monoisotopic (exact) mass is 478 g/mol. The van der Waals surface area contributed by atoms with E-state index in [1.54, 1.807) is 20.2 Å². The number of aromatic nitrogens is 1. The molecule has 0 radical (unpaired) electrons. The van der Waals surface area contributed by atoms with E-state index >= 15 is 0 Å². The molecule has 0 saturated carbocycles. The third-order valence-electron chi connectivity index (χ3n) is 5.46. The number of carbonyl (C=O) groups excluding carboxylic acids is 2. The number of ether oxygens (including phenoxy) is 2. The van der Waals surface area contributed by atoms with Crippen molar-refractivity contribution < 1.29 is 19.1 Å². The highest BCUT2D eigenvalue weighted by molar-refractivity contribution is 8.16. The van der Waals surface area contributed by atoms with E-state index in [0.717, 1.165) is 22.1 Å². The lowest BCUT2D eigenvalue weighted by atomic mass is 9.93. The third-order valence-corrected chi connectivity index (χ3v) is 6.35. The predicted molar refractivity (Wildman–Crippen MR) is 131 cm³/mol. The molecule has 0 unspecified atom stereocenters. The lowest BCUT2D eigenvalue weighted by Gasteiger charge is -2.36. The zero-order valence-corrected chi connectivity index (χ0v) is 20.1. The number of hydrogen-bond acceptors (Lipinski definition) is 8. The molecule has 0 saturated heterocycles. The maximum Gasteiger partial charge on any atom is 0.338 e. The zero-order valence-electron chi connectivity index (χ0n) is 19.3. The summed E-state index contributed by atoms with van der Waals surface area (Å²) in [6.45, 7) is 4.19. The maximum atomic E-state index is 13.0. The minimum absolute atomic E-state index is 0.140. The second-order valence-corrected chi connectivity index (χ2v) is 8.50. The summed E-state index contributed by atoms with van der Waals surface area (Å²) in [7, 11) is 1.61. The van der Waals surface area contributed by atoms with Crippen molar-refractivity contribution >= 4 is 28.8 Å². The first-order valence-corrected chi connectivity index (χ1v) is 11.8. The van der Waals surface area contributed by atoms with E-state index in [1.165, 1.54) is 11.8 Å². The Kier molecular flexibility index (Phi) is 7.32. The van der Waals surface area contributed by atoms with Gasteiger partial charge in [0.05, 0.1) is 49.7 Å². The number of carbonyl (C=O) groups is 2. The average molecular weight is 479 g/mol. The molecule has 2 aromatic rings. The summed E-state index contributed by atoms with van der Waals surface area (Å²) < 4.78 is 10.7. The summed E-state index contributed by atoms with van der Waals surface area (Å²) >= 11 is 1.44. The first-order valence-electron chi connectivity index (χ1n) is 10.9. The minimum Gasteiger partial charge on any atom is -0.497 e. The summed E-state index contributed by atoms with van der Waals surface area (Å²) in [5.41, 5.74) is 3.48. The number of hydrogen-bond donors (Lipinski definition) is 1. The largest absolute Gasteiger partial charge is 0.497 e. The van der Waals surface area contributed by atoms with Gasteiger partial charge in [-0.05, 0) is 49.1 Å². The van der Waals surface area contributed by atoms with Gasteiger partial charge >= 0.3 is 5.97 Å². The number of methoxy groups -OCH3 is 1. The highest BCUT2D eigenvalue weighted by Crippen LogP contribution is 2.45. The molecule has 4 rings (SSSR count). The Morgan fingerprint density at radius 3 is 2.65 bits per heavy atom. The van der Waals surface area contributed by atoms with Crippen molar-refractivity contribution in [3.05, 3.63) is 82.3 Å². The van der Waals surface area contributed by atoms with E-state index in [0.29, 0.717) is 23.6 Å². The van der Waals surface area contributed by atoms with Crippen LogP contribution >= 0.6 is 11.8 Å². The predicted octanol–water partition coefficient (Wildman–Crippen LogP) is 3.93. The Hall–Kier alpha value is -3.59. The number of esters is 1. The number of nitrogens with one attached hydrogen (secondary N) is 1. The molecule has 3 heterocycles. The van der Waals surface area contributed by atoms with E-state index in [-0.39, 0.29) is 18.9 Å². The van der Waals surface area contributed by atoms with E-state index < -0.39 is 12.0 Å². The summed E-state index contributed by atoms with van der Waals surface area (Å²) in [5, 5.41) is 5.55. The molecule has 0 aliphatic carbocycles. The number of amidine groups is 1. The first-order chi connectivity index (χ1) is 16.5. The van der Waals surface area contributed by atoms with Crippen LogP contribution in [0.15, 0.2) is 76.0 Å². The number of benzene rings is 1. The van der Waals surface area contributed by atoms with Crippen molar-refractivity contribution in [2.75, 3.05) is 13.7 Å². The molecule has 0 bridgehead atoms. The molecule has 2 aliphatic heterocycles. The van der Waals surface area contributed by atoms with Gasteiger partial charge in [0.25, 0.3) is 0 Å². The number of pyridine rings is 1. The van der Waals surface area contributed by atoms with E-state index in [1.807, 2.05) is 59.7 Å². The molecule has 8 nitrogen and oxygen atoms in total. The molecular formula is C25H26N4O4S. The van der Waals surface area contributed by atoms with E-state index in [4.69, 9.17) is 9.47 Å². The Labute approximate surface area is 202 Å². The van der Waals surface area contributed by atoms with Gasteiger partial charge in [-0.15, -0.1) is 0 Å². The van der Waals surface area contributed by atoms with Crippen LogP contribution in [0.1, 0.15) is 37.6 Å². The van der Waals surface area contributed by atoms with Crippen molar-refractivity contribution in [2.24, 2.45) is 4.99 Å². The normalized spacial score (nSPS) is 17.0. The standard InChI is InChI=1S/C25H26N4O4S/c1-4-33-24(31)22-16(2)28-25-29(23(22)17-8-10-20(32-3)11-9-17)19(15-34-25)13-21(30)27-14-18-7-5-6-12-26-18/h5-12,15,23H,4,13-14H2,1-3H3,(H,27,30)/t23-/m0/s1. The minimum atomic E-state index is -0.470. The molecular weight excluding hydrogens is 452 g/mol. The van der Waals surface area contributed by atoms with Gasteiger partial charge in [0, 0.05) is 11.9 Å². The number of nitrogens with zero attached hydrogens (tertiary/aromatic N) is 3. The van der Waals surface area contributed by atoms with Gasteiger partial charge in [-0.3, -0.25) is 9.78 Å². The average Bonchev–Trinajstić information content (AvgIpc) is 3.24. The Morgan fingerprint density at radius 1 is 1.18 bits per heavy atom. The van der Waals surface area contributed by atoms with Gasteiger partial charge in [-0.25, -0.2) is 9.79 Å². The third kappa shape index (κ3) is 4.99. The van der Waals surface area contributed by atoms with Crippen molar-refractivity contribution in [2.45, 2.75) is 32.9 Å². The van der Waals surface area contributed by atoms with E-state index in [9.17, 15) is 9.59 Å². The van der Waals surface area contributed by atoms with Crippen LogP contribution < -0.4 is 10.1 Å². The number of aliphatic imine (C=N–C) groups is 1. The smallest absolute Gasteiger partial charge is 0.338 e. The molecule has 1 N–H and O–H groups in total. The number of thioether (sulfide) groups is 1. The quantitative estimate of drug-likeness (QED) is 0.575. The van der Waals surface area contributed by atoms with Crippen molar-refractivity contribution in [1.82, 2.24) is 15.2 Å². The molecule has 1 amide bonds. The topological polar surface area (TPSA) is 93.1 Å². The number of amides is 1. The zero-order chi connectivity index (χ0) is 24.1. The van der Waals surface area contributed by atoms with Crippen LogP contribution in [0, 0.1) is 0 Å². The van der Waals surface area contributed by atoms with Crippen LogP contribution in [0.5, 0.6) is 5.75 Å². The van der Waals surface area contributed by atoms with Gasteiger partial charge in [0.1, 0.15) is 5.75 Å². The van der Waals surface area contributed by atoms with Gasteiger partial charge in [0.15, 0.2) is 5.17 Å². The van der Waals surface area contributed by atoms with Gasteiger partial charge in [-0.1, -0.05) is 30.0 Å². The number of allylic oxidation sites excluding steroid dienone is 1. The molecule has 0 fully saturated rings. The molecule has 34 heavy (non-hydrogen) atoms. The fourth-order valence-electron chi connectivity index (χ4n) is 3.86. The highest BCUT2D eigenvalue weighted by Gasteiger charge is 2.41. The number of rotatable bonds is 8. The second-order valence-electron chi connectivity index (χ2n) is 7.66. The molecule has 176 valence electrons. The first kappa shape index (κ1) is 23.6. The maximum absolute atomic E-state index is 13.0. The molecule has 1 aromatic heterocycles. The van der Waals surface area contributed by atoms with Gasteiger partial charge < -0.3 is 19.7 Å². The fraction of sp³-hybridized carbons (Fsp3) is 0.280. The Bertz CT molecular complexity index is 1160. The van der Waals surface area contributed by atoms with Gasteiger partial charge in [-0.2, -0.15) is 0 Å². The molecule has 9 heteroatoms. The van der Waals surface area contributed by atoms with Crippen molar-refractivity contribution in [3.8, 4) is 5.75 Å². The molecule has 1 atom stereocenters. The Balaban J connectivity index is 1.61. The van der Waals surface area contributed by atoms with E-state index in [2.05, 4.69) is 15.3 Å².